The highest BCUT2D eigenvalue weighted by Gasteiger charge is 2.19. The number of rotatable bonds is 4. The van der Waals surface area contributed by atoms with Crippen LogP contribution in [0.3, 0.4) is 0 Å². The Morgan fingerprint density at radius 3 is 2.95 bits per heavy atom. The summed E-state index contributed by atoms with van der Waals surface area (Å²) in [7, 11) is 1.85. The number of aromatic nitrogens is 2. The minimum absolute atomic E-state index is 0.0163. The zero-order valence-electron chi connectivity index (χ0n) is 10.7. The maximum absolute atomic E-state index is 11.3. The second-order valence-corrected chi connectivity index (χ2v) is 5.40. The van der Waals surface area contributed by atoms with Gasteiger partial charge in [-0.25, -0.2) is 4.79 Å². The van der Waals surface area contributed by atoms with Gasteiger partial charge in [0.15, 0.2) is 0 Å². The smallest absolute Gasteiger partial charge is 0.372 e. The van der Waals surface area contributed by atoms with E-state index in [0.717, 1.165) is 10.3 Å². The van der Waals surface area contributed by atoms with Crippen molar-refractivity contribution in [3.63, 3.8) is 0 Å². The van der Waals surface area contributed by atoms with Crippen molar-refractivity contribution in [3.05, 3.63) is 48.0 Å². The van der Waals surface area contributed by atoms with Crippen LogP contribution in [0.25, 0.3) is 11.0 Å². The summed E-state index contributed by atoms with van der Waals surface area (Å²) in [6.07, 6.45) is 3.65. The molecule has 2 heterocycles. The van der Waals surface area contributed by atoms with E-state index in [1.165, 1.54) is 11.8 Å². The van der Waals surface area contributed by atoms with Crippen molar-refractivity contribution >= 4 is 28.7 Å². The van der Waals surface area contributed by atoms with Crippen LogP contribution >= 0.6 is 11.8 Å². The molecular formula is C14H12N2O3S. The quantitative estimate of drug-likeness (QED) is 0.747. The summed E-state index contributed by atoms with van der Waals surface area (Å²) in [5.74, 6) is -0.491. The van der Waals surface area contributed by atoms with E-state index < -0.39 is 5.97 Å². The molecular weight excluding hydrogens is 276 g/mol. The topological polar surface area (TPSA) is 68.3 Å². The van der Waals surface area contributed by atoms with Crippen molar-refractivity contribution in [3.8, 4) is 0 Å². The molecule has 0 fully saturated rings. The lowest BCUT2D eigenvalue weighted by atomic mass is 10.1. The Hall–Kier alpha value is -2.21. The van der Waals surface area contributed by atoms with Gasteiger partial charge < -0.3 is 9.52 Å². The fourth-order valence-electron chi connectivity index (χ4n) is 2.04. The second kappa shape index (κ2) is 5.05. The van der Waals surface area contributed by atoms with Crippen LogP contribution in [0, 0.1) is 0 Å². The fraction of sp³-hybridized carbons (Fsp3) is 0.143. The molecule has 20 heavy (non-hydrogen) atoms. The van der Waals surface area contributed by atoms with Gasteiger partial charge in [-0.15, -0.1) is 11.8 Å². The first kappa shape index (κ1) is 12.8. The summed E-state index contributed by atoms with van der Waals surface area (Å²) in [5, 5.41) is 14.2. The lowest BCUT2D eigenvalue weighted by Gasteiger charge is -1.98. The molecule has 0 aliphatic carbocycles. The van der Waals surface area contributed by atoms with Gasteiger partial charge in [0.1, 0.15) is 5.58 Å². The molecule has 0 aliphatic heterocycles. The first-order valence-electron chi connectivity index (χ1n) is 6.00. The molecule has 0 bridgehead atoms. The number of hydrogen-bond acceptors (Lipinski definition) is 4. The Morgan fingerprint density at radius 2 is 2.25 bits per heavy atom. The number of nitrogens with zero attached hydrogens (tertiary/aromatic N) is 2. The minimum atomic E-state index is -1.04. The summed E-state index contributed by atoms with van der Waals surface area (Å²) in [5.41, 5.74) is 1.31. The molecule has 3 rings (SSSR count). The summed E-state index contributed by atoms with van der Waals surface area (Å²) in [6, 6.07) is 7.36. The van der Waals surface area contributed by atoms with Crippen molar-refractivity contribution in [2.75, 3.05) is 0 Å². The maximum Gasteiger partial charge on any atom is 0.372 e. The number of furan rings is 1. The highest BCUT2D eigenvalue weighted by atomic mass is 32.2. The fourth-order valence-corrected chi connectivity index (χ4v) is 2.99. The van der Waals surface area contributed by atoms with Gasteiger partial charge in [-0.3, -0.25) is 4.68 Å². The number of benzene rings is 1. The van der Waals surface area contributed by atoms with Crippen molar-refractivity contribution < 1.29 is 14.3 Å². The average molecular weight is 288 g/mol. The lowest BCUT2D eigenvalue weighted by molar-refractivity contribution is 0.0664. The van der Waals surface area contributed by atoms with Gasteiger partial charge in [0.2, 0.25) is 5.76 Å². The molecule has 0 spiro atoms. The van der Waals surface area contributed by atoms with E-state index in [-0.39, 0.29) is 5.76 Å². The van der Waals surface area contributed by atoms with E-state index in [0.29, 0.717) is 16.9 Å². The number of aromatic carboxylic acids is 1. The molecule has 0 amide bonds. The molecule has 1 N–H and O–H groups in total. The highest BCUT2D eigenvalue weighted by molar-refractivity contribution is 7.98. The van der Waals surface area contributed by atoms with Crippen LogP contribution in [0.15, 0.2) is 46.0 Å². The Balaban J connectivity index is 1.96. The molecule has 3 aromatic rings. The molecule has 0 saturated carbocycles. The van der Waals surface area contributed by atoms with E-state index in [1.54, 1.807) is 16.9 Å². The summed E-state index contributed by atoms with van der Waals surface area (Å²) in [6.45, 7) is 0. The standard InChI is InChI=1S/C14H12N2O3S/c1-16-7-9(6-15-16)20-8-11-10-4-2-3-5-12(10)19-13(11)14(17)18/h2-7H,8H2,1H3,(H,17,18). The predicted molar refractivity (Wildman–Crippen MR) is 75.9 cm³/mol. The molecule has 0 aliphatic rings. The van der Waals surface area contributed by atoms with Crippen LogP contribution in [0.5, 0.6) is 0 Å². The van der Waals surface area contributed by atoms with E-state index in [9.17, 15) is 9.90 Å². The van der Waals surface area contributed by atoms with Crippen molar-refractivity contribution in [1.82, 2.24) is 9.78 Å². The van der Waals surface area contributed by atoms with Crippen LogP contribution in [0.1, 0.15) is 16.1 Å². The van der Waals surface area contributed by atoms with Gasteiger partial charge in [-0.2, -0.15) is 5.10 Å². The Kier molecular flexibility index (Phi) is 3.23. The lowest BCUT2D eigenvalue weighted by Crippen LogP contribution is -1.97. The van der Waals surface area contributed by atoms with Crippen molar-refractivity contribution in [1.29, 1.82) is 0 Å². The number of thioether (sulfide) groups is 1. The number of fused-ring (bicyclic) bond motifs is 1. The van der Waals surface area contributed by atoms with Gasteiger partial charge in [0, 0.05) is 34.8 Å². The maximum atomic E-state index is 11.3. The third kappa shape index (κ3) is 2.30. The number of hydrogen-bond donors (Lipinski definition) is 1. The zero-order valence-corrected chi connectivity index (χ0v) is 11.6. The van der Waals surface area contributed by atoms with Gasteiger partial charge in [-0.1, -0.05) is 18.2 Å². The number of carbonyl (C=O) groups is 1. The number of carboxylic acids is 1. The van der Waals surface area contributed by atoms with E-state index in [4.69, 9.17) is 4.42 Å². The monoisotopic (exact) mass is 288 g/mol. The highest BCUT2D eigenvalue weighted by Crippen LogP contribution is 2.31. The van der Waals surface area contributed by atoms with Crippen molar-refractivity contribution in [2.24, 2.45) is 7.05 Å². The van der Waals surface area contributed by atoms with Crippen LogP contribution in [-0.2, 0) is 12.8 Å². The van der Waals surface area contributed by atoms with Crippen LogP contribution in [-0.4, -0.2) is 20.9 Å². The van der Waals surface area contributed by atoms with E-state index >= 15 is 0 Å². The van der Waals surface area contributed by atoms with Crippen molar-refractivity contribution in [2.45, 2.75) is 10.6 Å². The number of para-hydroxylation sites is 1. The summed E-state index contributed by atoms with van der Waals surface area (Å²) < 4.78 is 7.14. The Bertz CT molecular complexity index is 776. The predicted octanol–water partition coefficient (Wildman–Crippen LogP) is 3.16. The molecule has 2 aromatic heterocycles. The molecule has 102 valence electrons. The molecule has 0 radical (unpaired) electrons. The molecule has 0 atom stereocenters. The van der Waals surface area contributed by atoms with Gasteiger partial charge in [-0.05, 0) is 6.07 Å². The van der Waals surface area contributed by atoms with Crippen LogP contribution < -0.4 is 0 Å². The number of carboxylic acid groups (broad SMARTS) is 1. The SMILES string of the molecule is Cn1cc(SCc2c(C(=O)O)oc3ccccc23)cn1. The average Bonchev–Trinajstić information content (AvgIpc) is 3.00. The van der Waals surface area contributed by atoms with Gasteiger partial charge in [0.25, 0.3) is 0 Å². The van der Waals surface area contributed by atoms with Gasteiger partial charge >= 0.3 is 5.97 Å². The largest absolute Gasteiger partial charge is 0.475 e. The Labute approximate surface area is 119 Å². The molecule has 6 heteroatoms. The first-order valence-corrected chi connectivity index (χ1v) is 6.99. The van der Waals surface area contributed by atoms with Gasteiger partial charge in [0.05, 0.1) is 6.20 Å². The first-order chi connectivity index (χ1) is 9.65. The van der Waals surface area contributed by atoms with E-state index in [1.807, 2.05) is 31.4 Å². The summed E-state index contributed by atoms with van der Waals surface area (Å²) >= 11 is 1.54. The molecule has 5 nitrogen and oxygen atoms in total. The third-order valence-electron chi connectivity index (χ3n) is 2.96. The zero-order chi connectivity index (χ0) is 14.1. The third-order valence-corrected chi connectivity index (χ3v) is 3.93. The molecule has 1 aromatic carbocycles. The summed E-state index contributed by atoms with van der Waals surface area (Å²) in [4.78, 5) is 12.3. The number of aryl methyl sites for hydroxylation is 1. The molecule has 0 unspecified atom stereocenters. The molecule has 0 saturated heterocycles. The minimum Gasteiger partial charge on any atom is -0.475 e. The van der Waals surface area contributed by atoms with Crippen LogP contribution in [0.4, 0.5) is 0 Å². The Morgan fingerprint density at radius 1 is 1.45 bits per heavy atom. The second-order valence-electron chi connectivity index (χ2n) is 4.35. The van der Waals surface area contributed by atoms with E-state index in [2.05, 4.69) is 5.10 Å². The normalized spacial score (nSPS) is 11.1. The van der Waals surface area contributed by atoms with Crippen LogP contribution in [0.2, 0.25) is 0 Å².